The Morgan fingerprint density at radius 3 is 2.25 bits per heavy atom. The fraction of sp³-hybridized carbons (Fsp3) is 0.488. The van der Waals surface area contributed by atoms with E-state index in [1.165, 1.54) is 4.90 Å². The van der Waals surface area contributed by atoms with Gasteiger partial charge in [-0.25, -0.2) is 4.79 Å². The van der Waals surface area contributed by atoms with Crippen molar-refractivity contribution in [1.82, 2.24) is 25.8 Å². The number of hydrogen-bond donors (Lipinski definition) is 4. The van der Waals surface area contributed by atoms with Gasteiger partial charge in [0.2, 0.25) is 23.6 Å². The monoisotopic (exact) mass is 784 g/mol. The molecule has 0 saturated carbocycles. The van der Waals surface area contributed by atoms with Crippen LogP contribution in [-0.2, 0) is 41.6 Å². The molecule has 14 heteroatoms. The van der Waals surface area contributed by atoms with Gasteiger partial charge in [-0.15, -0.1) is 0 Å². The molecule has 0 radical (unpaired) electrons. The van der Waals surface area contributed by atoms with Crippen LogP contribution in [0.2, 0.25) is 0 Å². The van der Waals surface area contributed by atoms with Crippen LogP contribution in [0.3, 0.4) is 0 Å². The summed E-state index contributed by atoms with van der Waals surface area (Å²) in [5, 5.41) is 10.1. The van der Waals surface area contributed by atoms with Crippen molar-refractivity contribution in [3.8, 4) is 5.75 Å². The molecule has 2 heterocycles. The van der Waals surface area contributed by atoms with Gasteiger partial charge in [0.05, 0.1) is 6.54 Å². The first-order valence-electron chi connectivity index (χ1n) is 19.6. The second-order valence-electron chi connectivity index (χ2n) is 16.7. The van der Waals surface area contributed by atoms with Crippen molar-refractivity contribution in [2.75, 3.05) is 19.6 Å². The number of nitrogens with zero attached hydrogens (tertiary/aromatic N) is 2. The normalized spacial score (nSPS) is 20.2. The number of nitrogens with one attached hydrogen (secondary N) is 3. The van der Waals surface area contributed by atoms with Crippen molar-refractivity contribution < 1.29 is 38.2 Å². The van der Waals surface area contributed by atoms with Crippen molar-refractivity contribution >= 4 is 46.4 Å². The number of benzene rings is 3. The van der Waals surface area contributed by atoms with Crippen LogP contribution in [0.4, 0.5) is 4.79 Å². The van der Waals surface area contributed by atoms with Crippen molar-refractivity contribution in [1.29, 1.82) is 0 Å². The average Bonchev–Trinajstić information content (AvgIpc) is 3.63. The largest absolute Gasteiger partial charge is 0.488 e. The van der Waals surface area contributed by atoms with Gasteiger partial charge >= 0.3 is 6.09 Å². The second kappa shape index (κ2) is 18.2. The van der Waals surface area contributed by atoms with Gasteiger partial charge in [-0.3, -0.25) is 28.9 Å². The summed E-state index contributed by atoms with van der Waals surface area (Å²) in [6.45, 7) is 10.6. The van der Waals surface area contributed by atoms with Gasteiger partial charge in [-0.2, -0.15) is 0 Å². The number of alkyl carbamates (subject to hydrolysis) is 1. The smallest absolute Gasteiger partial charge is 0.408 e. The molecule has 306 valence electrons. The third kappa shape index (κ3) is 11.5. The summed E-state index contributed by atoms with van der Waals surface area (Å²) in [4.78, 5) is 87.2. The van der Waals surface area contributed by atoms with Crippen molar-refractivity contribution in [2.24, 2.45) is 5.73 Å². The Morgan fingerprint density at radius 1 is 0.895 bits per heavy atom. The lowest BCUT2D eigenvalue weighted by molar-refractivity contribution is -0.155. The van der Waals surface area contributed by atoms with E-state index in [0.29, 0.717) is 30.7 Å². The van der Waals surface area contributed by atoms with Gasteiger partial charge in [0, 0.05) is 19.4 Å². The first-order valence-corrected chi connectivity index (χ1v) is 19.6. The first kappa shape index (κ1) is 42.6. The van der Waals surface area contributed by atoms with Crippen LogP contribution in [0.1, 0.15) is 78.4 Å². The van der Waals surface area contributed by atoms with E-state index in [2.05, 4.69) is 16.0 Å². The van der Waals surface area contributed by atoms with E-state index in [-0.39, 0.29) is 32.2 Å². The van der Waals surface area contributed by atoms with Gasteiger partial charge in [-0.05, 0) is 108 Å². The van der Waals surface area contributed by atoms with Crippen LogP contribution < -0.4 is 26.4 Å². The highest BCUT2D eigenvalue weighted by atomic mass is 16.6. The number of rotatable bonds is 10. The summed E-state index contributed by atoms with van der Waals surface area (Å²) in [6.07, 6.45) is 0.200. The molecule has 4 atom stereocenters. The van der Waals surface area contributed by atoms with Crippen molar-refractivity contribution in [3.63, 3.8) is 0 Å². The van der Waals surface area contributed by atoms with E-state index in [0.717, 1.165) is 21.2 Å². The third-order valence-corrected chi connectivity index (χ3v) is 9.70. The lowest BCUT2D eigenvalue weighted by atomic mass is 9.99. The van der Waals surface area contributed by atoms with Gasteiger partial charge in [0.25, 0.3) is 5.91 Å². The zero-order valence-electron chi connectivity index (χ0n) is 33.8. The van der Waals surface area contributed by atoms with E-state index >= 15 is 0 Å². The highest BCUT2D eigenvalue weighted by Gasteiger charge is 2.43. The molecule has 0 spiro atoms. The fourth-order valence-electron chi connectivity index (χ4n) is 7.18. The molecule has 3 aromatic rings. The SMILES string of the molecule is CC(C)(C)OC(=O)N[C@@H](Cc1ccc(OC(C)(C)C)cc1)C(=O)N1C(=O)CNC(=O)[C@H]2CCCN2C(=O)[C@H](Cc2ccc3ccccc3c2)NC(=O)[C@H]1CCCN. The molecule has 0 aliphatic carbocycles. The van der Waals surface area contributed by atoms with E-state index in [1.54, 1.807) is 45.0 Å². The maximum absolute atomic E-state index is 14.8. The molecule has 5 N–H and O–H groups in total. The molecule has 0 unspecified atom stereocenters. The summed E-state index contributed by atoms with van der Waals surface area (Å²) < 4.78 is 11.5. The zero-order chi connectivity index (χ0) is 41.5. The van der Waals surface area contributed by atoms with Crippen LogP contribution in [0, 0.1) is 0 Å². The lowest BCUT2D eigenvalue weighted by Crippen LogP contribution is -2.63. The summed E-state index contributed by atoms with van der Waals surface area (Å²) in [6, 6.07) is 15.6. The average molecular weight is 785 g/mol. The second-order valence-corrected chi connectivity index (χ2v) is 16.7. The Balaban J connectivity index is 1.53. The number of fused-ring (bicyclic) bond motifs is 2. The van der Waals surface area contributed by atoms with Gasteiger partial charge in [0.1, 0.15) is 41.1 Å². The molecule has 6 amide bonds. The maximum Gasteiger partial charge on any atom is 0.408 e. The minimum Gasteiger partial charge on any atom is -0.488 e. The molecule has 57 heavy (non-hydrogen) atoms. The predicted molar refractivity (Wildman–Crippen MR) is 215 cm³/mol. The number of carbonyl (C=O) groups is 6. The number of nitrogens with two attached hydrogens (primary N) is 1. The predicted octanol–water partition coefficient (Wildman–Crippen LogP) is 3.76. The minimum atomic E-state index is -1.45. The molecule has 2 fully saturated rings. The molecular formula is C43H56N6O8. The van der Waals surface area contributed by atoms with Crippen LogP contribution in [0.25, 0.3) is 10.8 Å². The molecule has 3 aromatic carbocycles. The topological polar surface area (TPSA) is 189 Å². The molecule has 0 bridgehead atoms. The Labute approximate surface area is 334 Å². The third-order valence-electron chi connectivity index (χ3n) is 9.70. The number of amides is 6. The number of ether oxygens (including phenoxy) is 2. The molecule has 2 aliphatic rings. The highest BCUT2D eigenvalue weighted by Crippen LogP contribution is 2.24. The molecule has 2 saturated heterocycles. The summed E-state index contributed by atoms with van der Waals surface area (Å²) in [7, 11) is 0. The Kier molecular flexibility index (Phi) is 13.6. The minimum absolute atomic E-state index is 0.0466. The van der Waals surface area contributed by atoms with E-state index in [9.17, 15) is 28.8 Å². The van der Waals surface area contributed by atoms with Gasteiger partial charge < -0.3 is 36.1 Å². The Hall–Kier alpha value is -5.50. The molecule has 0 aromatic heterocycles. The van der Waals surface area contributed by atoms with Crippen molar-refractivity contribution in [2.45, 2.75) is 115 Å². The number of carbonyl (C=O) groups excluding carboxylic acids is 6. The standard InChI is InChI=1S/C43H56N6O8/c1-42(2,3)56-31-19-16-27(17-20-31)24-33(47-41(55)57-43(4,5)6)40(54)49-35(13-9-21-44)38(52)46-32(25-28-15-18-29-11-7-8-12-30(29)23-28)39(53)48-22-10-14-34(48)37(51)45-26-36(49)50/h7-8,11-12,15-20,23,32-35H,9-10,13-14,21-22,24-26,44H2,1-6H3,(H,45,51)(H,46,52)(H,47,55)/t32-,33-,34+,35+/m0/s1. The van der Waals surface area contributed by atoms with Crippen LogP contribution >= 0.6 is 0 Å². The lowest BCUT2D eigenvalue weighted by Gasteiger charge is -2.35. The molecular weight excluding hydrogens is 729 g/mol. The first-order chi connectivity index (χ1) is 26.9. The van der Waals surface area contributed by atoms with Crippen LogP contribution in [-0.4, -0.2) is 100 Å². The van der Waals surface area contributed by atoms with E-state index < -0.39 is 77.5 Å². The Morgan fingerprint density at radius 2 is 1.58 bits per heavy atom. The van der Waals surface area contributed by atoms with Crippen molar-refractivity contribution in [3.05, 3.63) is 77.9 Å². The Bertz CT molecular complexity index is 1950. The zero-order valence-corrected chi connectivity index (χ0v) is 33.8. The van der Waals surface area contributed by atoms with Gasteiger partial charge in [0.15, 0.2) is 0 Å². The maximum atomic E-state index is 14.8. The summed E-state index contributed by atoms with van der Waals surface area (Å²) >= 11 is 0. The van der Waals surface area contributed by atoms with Crippen LogP contribution in [0.5, 0.6) is 5.75 Å². The highest BCUT2D eigenvalue weighted by molar-refractivity contribution is 6.05. The van der Waals surface area contributed by atoms with E-state index in [4.69, 9.17) is 15.2 Å². The molecule has 5 rings (SSSR count). The quantitative estimate of drug-likeness (QED) is 0.237. The summed E-state index contributed by atoms with van der Waals surface area (Å²) in [5.41, 5.74) is 5.92. The summed E-state index contributed by atoms with van der Waals surface area (Å²) in [5.74, 6) is -2.90. The number of imide groups is 1. The molecule has 14 nitrogen and oxygen atoms in total. The van der Waals surface area contributed by atoms with E-state index in [1.807, 2.05) is 63.2 Å². The molecule has 2 aliphatic heterocycles. The van der Waals surface area contributed by atoms with Crippen LogP contribution in [0.15, 0.2) is 66.7 Å². The fourth-order valence-corrected chi connectivity index (χ4v) is 7.18. The number of hydrogen-bond acceptors (Lipinski definition) is 9. The van der Waals surface area contributed by atoms with Gasteiger partial charge in [-0.1, -0.05) is 54.6 Å².